The fourth-order valence-corrected chi connectivity index (χ4v) is 3.18. The summed E-state index contributed by atoms with van der Waals surface area (Å²) in [6.45, 7) is 3.06. The number of rotatable bonds is 3. The highest BCUT2D eigenvalue weighted by molar-refractivity contribution is 5.83. The minimum atomic E-state index is 0.0857. The van der Waals surface area contributed by atoms with E-state index in [1.807, 2.05) is 11.9 Å². The number of carbonyl (C=O) groups is 2. The molecule has 1 saturated heterocycles. The Hall–Kier alpha value is -0.900. The molecule has 18 heavy (non-hydrogen) atoms. The van der Waals surface area contributed by atoms with Gasteiger partial charge in [-0.15, -0.1) is 0 Å². The lowest BCUT2D eigenvalue weighted by atomic mass is 9.85. The summed E-state index contributed by atoms with van der Waals surface area (Å²) in [6.07, 6.45) is 5.03. The molecule has 4 heteroatoms. The van der Waals surface area contributed by atoms with E-state index >= 15 is 0 Å². The summed E-state index contributed by atoms with van der Waals surface area (Å²) in [6, 6.07) is 0.581. The van der Waals surface area contributed by atoms with Gasteiger partial charge in [0.1, 0.15) is 5.78 Å². The fourth-order valence-electron chi connectivity index (χ4n) is 3.18. The minimum absolute atomic E-state index is 0.0857. The third-order valence-corrected chi connectivity index (χ3v) is 4.56. The lowest BCUT2D eigenvalue weighted by Gasteiger charge is -2.30. The van der Waals surface area contributed by atoms with Crippen molar-refractivity contribution in [2.75, 3.05) is 20.1 Å². The highest BCUT2D eigenvalue weighted by atomic mass is 16.2. The van der Waals surface area contributed by atoms with Crippen LogP contribution in [0.5, 0.6) is 0 Å². The topological polar surface area (TPSA) is 49.4 Å². The van der Waals surface area contributed by atoms with Crippen molar-refractivity contribution in [1.82, 2.24) is 10.2 Å². The number of nitrogens with zero attached hydrogens (tertiary/aromatic N) is 1. The van der Waals surface area contributed by atoms with Crippen molar-refractivity contribution in [3.63, 3.8) is 0 Å². The Kier molecular flexibility index (Phi) is 4.38. The Morgan fingerprint density at radius 1 is 1.06 bits per heavy atom. The molecular weight excluding hydrogens is 228 g/mol. The summed E-state index contributed by atoms with van der Waals surface area (Å²) >= 11 is 0. The normalized spacial score (nSPS) is 32.6. The lowest BCUT2D eigenvalue weighted by molar-refractivity contribution is -0.135. The van der Waals surface area contributed by atoms with Gasteiger partial charge in [0, 0.05) is 31.0 Å². The first-order valence-electron chi connectivity index (χ1n) is 7.08. The average molecular weight is 252 g/mol. The molecular formula is C14H24N2O2. The molecule has 2 rings (SSSR count). The highest BCUT2D eigenvalue weighted by Gasteiger charge is 2.34. The van der Waals surface area contributed by atoms with Crippen LogP contribution in [-0.2, 0) is 9.59 Å². The smallest absolute Gasteiger partial charge is 0.225 e. The first-order valence-corrected chi connectivity index (χ1v) is 7.08. The third kappa shape index (κ3) is 2.91. The summed E-state index contributed by atoms with van der Waals surface area (Å²) in [7, 11) is 1.99. The standard InChI is InChI=1S/C14H24N2O2/c1-10(17)12-7-8-16(9-12)14(18)11-3-5-13(15-2)6-4-11/h11-13,15H,3-9H2,1-2H3/t11?,12-,13?/m0/s1. The Labute approximate surface area is 109 Å². The molecule has 0 aromatic carbocycles. The summed E-state index contributed by atoms with van der Waals surface area (Å²) in [4.78, 5) is 25.6. The number of likely N-dealkylation sites (tertiary alicyclic amines) is 1. The molecule has 2 aliphatic rings. The third-order valence-electron chi connectivity index (χ3n) is 4.56. The van der Waals surface area contributed by atoms with Gasteiger partial charge >= 0.3 is 0 Å². The van der Waals surface area contributed by atoms with E-state index in [0.29, 0.717) is 12.6 Å². The predicted molar refractivity (Wildman–Crippen MR) is 70.2 cm³/mol. The van der Waals surface area contributed by atoms with Crippen molar-refractivity contribution < 1.29 is 9.59 Å². The van der Waals surface area contributed by atoms with Crippen molar-refractivity contribution in [3.05, 3.63) is 0 Å². The maximum Gasteiger partial charge on any atom is 0.225 e. The van der Waals surface area contributed by atoms with Gasteiger partial charge in [-0.05, 0) is 46.1 Å². The van der Waals surface area contributed by atoms with E-state index in [4.69, 9.17) is 0 Å². The molecule has 0 bridgehead atoms. The van der Waals surface area contributed by atoms with Crippen LogP contribution in [0.25, 0.3) is 0 Å². The monoisotopic (exact) mass is 252 g/mol. The number of amides is 1. The molecule has 1 saturated carbocycles. The van der Waals surface area contributed by atoms with Crippen LogP contribution >= 0.6 is 0 Å². The fraction of sp³-hybridized carbons (Fsp3) is 0.857. The first kappa shape index (κ1) is 13.5. The number of hydrogen-bond acceptors (Lipinski definition) is 3. The van der Waals surface area contributed by atoms with E-state index in [1.165, 1.54) is 0 Å². The van der Waals surface area contributed by atoms with Gasteiger partial charge in [0.15, 0.2) is 0 Å². The van der Waals surface area contributed by atoms with Crippen LogP contribution in [0.1, 0.15) is 39.0 Å². The van der Waals surface area contributed by atoms with Gasteiger partial charge in [-0.2, -0.15) is 0 Å². The van der Waals surface area contributed by atoms with Crippen LogP contribution in [0.4, 0.5) is 0 Å². The molecule has 0 radical (unpaired) electrons. The van der Waals surface area contributed by atoms with E-state index in [-0.39, 0.29) is 23.5 Å². The number of hydrogen-bond donors (Lipinski definition) is 1. The number of ketones is 1. The average Bonchev–Trinajstić information content (AvgIpc) is 2.88. The molecule has 1 atom stereocenters. The Balaban J connectivity index is 1.84. The maximum absolute atomic E-state index is 12.4. The van der Waals surface area contributed by atoms with Crippen LogP contribution < -0.4 is 5.32 Å². The molecule has 102 valence electrons. The minimum Gasteiger partial charge on any atom is -0.342 e. The Bertz CT molecular complexity index is 322. The number of carbonyl (C=O) groups excluding carboxylic acids is 2. The van der Waals surface area contributed by atoms with Crippen LogP contribution in [-0.4, -0.2) is 42.8 Å². The second-order valence-electron chi connectivity index (χ2n) is 5.72. The molecule has 1 heterocycles. The van der Waals surface area contributed by atoms with E-state index in [1.54, 1.807) is 6.92 Å². The SMILES string of the molecule is CNC1CCC(C(=O)N2CC[C@H](C(C)=O)C2)CC1. The van der Waals surface area contributed by atoms with Gasteiger partial charge in [-0.1, -0.05) is 0 Å². The molecule has 0 unspecified atom stereocenters. The predicted octanol–water partition coefficient (Wildman–Crippen LogP) is 1.20. The zero-order valence-electron chi connectivity index (χ0n) is 11.4. The van der Waals surface area contributed by atoms with Gasteiger partial charge in [0.25, 0.3) is 0 Å². The van der Waals surface area contributed by atoms with Crippen LogP contribution in [0, 0.1) is 11.8 Å². The van der Waals surface area contributed by atoms with Gasteiger partial charge in [0.2, 0.25) is 5.91 Å². The van der Waals surface area contributed by atoms with Crippen LogP contribution in [0.3, 0.4) is 0 Å². The maximum atomic E-state index is 12.4. The van der Waals surface area contributed by atoms with Gasteiger partial charge in [-0.25, -0.2) is 0 Å². The molecule has 0 aromatic rings. The molecule has 1 aliphatic carbocycles. The molecule has 4 nitrogen and oxygen atoms in total. The Morgan fingerprint density at radius 3 is 2.22 bits per heavy atom. The van der Waals surface area contributed by atoms with Crippen LogP contribution in [0.15, 0.2) is 0 Å². The number of Topliss-reactive ketones (excluding diaryl/α,β-unsaturated/α-hetero) is 1. The van der Waals surface area contributed by atoms with Crippen molar-refractivity contribution in [3.8, 4) is 0 Å². The van der Waals surface area contributed by atoms with Gasteiger partial charge < -0.3 is 10.2 Å². The highest BCUT2D eigenvalue weighted by Crippen LogP contribution is 2.28. The summed E-state index contributed by atoms with van der Waals surface area (Å²) < 4.78 is 0. The molecule has 1 amide bonds. The summed E-state index contributed by atoms with van der Waals surface area (Å²) in [5.41, 5.74) is 0. The quantitative estimate of drug-likeness (QED) is 0.821. The largest absolute Gasteiger partial charge is 0.342 e. The molecule has 0 aromatic heterocycles. The van der Waals surface area contributed by atoms with E-state index in [2.05, 4.69) is 5.32 Å². The molecule has 1 aliphatic heterocycles. The summed E-state index contributed by atoms with van der Waals surface area (Å²) in [5.74, 6) is 0.792. The van der Waals surface area contributed by atoms with Crippen molar-refractivity contribution in [1.29, 1.82) is 0 Å². The van der Waals surface area contributed by atoms with Gasteiger partial charge in [0.05, 0.1) is 0 Å². The zero-order valence-corrected chi connectivity index (χ0v) is 11.4. The second kappa shape index (κ2) is 5.83. The van der Waals surface area contributed by atoms with E-state index in [9.17, 15) is 9.59 Å². The first-order chi connectivity index (χ1) is 8.61. The van der Waals surface area contributed by atoms with Crippen molar-refractivity contribution >= 4 is 11.7 Å². The zero-order chi connectivity index (χ0) is 13.1. The molecule has 2 fully saturated rings. The summed E-state index contributed by atoms with van der Waals surface area (Å²) in [5, 5.41) is 3.29. The van der Waals surface area contributed by atoms with Gasteiger partial charge in [-0.3, -0.25) is 9.59 Å². The van der Waals surface area contributed by atoms with Crippen LogP contribution in [0.2, 0.25) is 0 Å². The Morgan fingerprint density at radius 2 is 1.72 bits per heavy atom. The lowest BCUT2D eigenvalue weighted by Crippen LogP contribution is -2.39. The number of nitrogens with one attached hydrogen (secondary N) is 1. The van der Waals surface area contributed by atoms with E-state index in [0.717, 1.165) is 38.6 Å². The molecule has 1 N–H and O–H groups in total. The van der Waals surface area contributed by atoms with Crippen molar-refractivity contribution in [2.24, 2.45) is 11.8 Å². The second-order valence-corrected chi connectivity index (χ2v) is 5.72. The van der Waals surface area contributed by atoms with Crippen molar-refractivity contribution in [2.45, 2.75) is 45.1 Å². The molecule has 0 spiro atoms. The van der Waals surface area contributed by atoms with E-state index < -0.39 is 0 Å².